The highest BCUT2D eigenvalue weighted by atomic mass is 16.5. The van der Waals surface area contributed by atoms with Gasteiger partial charge in [-0.25, -0.2) is 0 Å². The molecule has 3 nitrogen and oxygen atoms in total. The molecule has 100 valence electrons. The molecule has 0 saturated heterocycles. The number of hydrogen-bond acceptors (Lipinski definition) is 3. The molecule has 1 fully saturated rings. The minimum absolute atomic E-state index is 0.00529. The van der Waals surface area contributed by atoms with E-state index < -0.39 is 0 Å². The Morgan fingerprint density at radius 1 is 1.39 bits per heavy atom. The van der Waals surface area contributed by atoms with E-state index in [0.29, 0.717) is 18.4 Å². The van der Waals surface area contributed by atoms with Crippen LogP contribution in [0.3, 0.4) is 0 Å². The summed E-state index contributed by atoms with van der Waals surface area (Å²) in [6.45, 7) is 5.83. The Morgan fingerprint density at radius 3 is 2.50 bits per heavy atom. The van der Waals surface area contributed by atoms with Gasteiger partial charge >= 0.3 is 0 Å². The van der Waals surface area contributed by atoms with Crippen molar-refractivity contribution in [2.45, 2.75) is 25.7 Å². The number of nitrogens with two attached hydrogens (primary N) is 1. The number of rotatable bonds is 6. The van der Waals surface area contributed by atoms with Crippen LogP contribution in [-0.4, -0.2) is 24.9 Å². The fourth-order valence-corrected chi connectivity index (χ4v) is 2.49. The van der Waals surface area contributed by atoms with Gasteiger partial charge in [0.25, 0.3) is 0 Å². The monoisotopic (exact) mass is 249 g/mol. The van der Waals surface area contributed by atoms with E-state index in [9.17, 15) is 5.11 Å². The van der Waals surface area contributed by atoms with E-state index in [4.69, 9.17) is 10.5 Å². The second-order valence-electron chi connectivity index (χ2n) is 5.67. The summed E-state index contributed by atoms with van der Waals surface area (Å²) in [6, 6.07) is 8.17. The van der Waals surface area contributed by atoms with Crippen molar-refractivity contribution in [3.63, 3.8) is 0 Å². The van der Waals surface area contributed by atoms with E-state index in [1.54, 1.807) is 0 Å². The molecule has 0 bridgehead atoms. The topological polar surface area (TPSA) is 55.5 Å². The third-order valence-electron chi connectivity index (χ3n) is 3.83. The Balaban J connectivity index is 2.04. The van der Waals surface area contributed by atoms with Crippen molar-refractivity contribution in [2.75, 3.05) is 19.8 Å². The molecule has 18 heavy (non-hydrogen) atoms. The average molecular weight is 249 g/mol. The normalized spacial score (nSPS) is 26.4. The molecule has 0 radical (unpaired) electrons. The van der Waals surface area contributed by atoms with Crippen LogP contribution in [0.2, 0.25) is 0 Å². The van der Waals surface area contributed by atoms with E-state index in [1.165, 1.54) is 5.56 Å². The van der Waals surface area contributed by atoms with Gasteiger partial charge in [0.05, 0.1) is 6.61 Å². The quantitative estimate of drug-likeness (QED) is 0.810. The molecule has 1 aliphatic carbocycles. The lowest BCUT2D eigenvalue weighted by Crippen LogP contribution is -2.23. The van der Waals surface area contributed by atoms with Gasteiger partial charge < -0.3 is 15.6 Å². The molecule has 0 spiro atoms. The van der Waals surface area contributed by atoms with Crippen molar-refractivity contribution in [2.24, 2.45) is 17.6 Å². The van der Waals surface area contributed by atoms with Crippen LogP contribution in [0.1, 0.15) is 25.8 Å². The van der Waals surface area contributed by atoms with E-state index in [1.807, 2.05) is 12.1 Å². The van der Waals surface area contributed by atoms with Crippen LogP contribution >= 0.6 is 0 Å². The molecule has 1 aromatic rings. The molecule has 3 heteroatoms. The lowest BCUT2D eigenvalue weighted by atomic mass is 9.93. The van der Waals surface area contributed by atoms with E-state index >= 15 is 0 Å². The Labute approximate surface area is 109 Å². The summed E-state index contributed by atoms with van der Waals surface area (Å²) in [5.74, 6) is 1.76. The molecule has 2 unspecified atom stereocenters. The fraction of sp³-hybridized carbons (Fsp3) is 0.600. The molecule has 3 N–H and O–H groups in total. The molecule has 2 atom stereocenters. The van der Waals surface area contributed by atoms with Gasteiger partial charge in [-0.15, -0.1) is 0 Å². The largest absolute Gasteiger partial charge is 0.493 e. The Kier molecular flexibility index (Phi) is 3.93. The van der Waals surface area contributed by atoms with E-state index in [2.05, 4.69) is 26.0 Å². The third kappa shape index (κ3) is 2.52. The van der Waals surface area contributed by atoms with Crippen LogP contribution in [0, 0.1) is 11.8 Å². The SMILES string of the molecule is CC(C)COc1ccc(C2(CN)CC2CO)cc1. The highest BCUT2D eigenvalue weighted by Gasteiger charge is 2.53. The lowest BCUT2D eigenvalue weighted by Gasteiger charge is -2.16. The van der Waals surface area contributed by atoms with E-state index in [0.717, 1.165) is 18.8 Å². The van der Waals surface area contributed by atoms with Crippen molar-refractivity contribution in [1.82, 2.24) is 0 Å². The average Bonchev–Trinajstić information content (AvgIpc) is 3.12. The lowest BCUT2D eigenvalue weighted by molar-refractivity contribution is 0.263. The Hall–Kier alpha value is -1.06. The Morgan fingerprint density at radius 2 is 2.06 bits per heavy atom. The van der Waals surface area contributed by atoms with Crippen molar-refractivity contribution in [3.8, 4) is 5.75 Å². The number of ether oxygens (including phenoxy) is 1. The van der Waals surface area contributed by atoms with Gasteiger partial charge in [0, 0.05) is 18.6 Å². The fourth-order valence-electron chi connectivity index (χ4n) is 2.49. The first-order valence-corrected chi connectivity index (χ1v) is 6.66. The summed E-state index contributed by atoms with van der Waals surface area (Å²) < 4.78 is 5.66. The molecule has 1 saturated carbocycles. The van der Waals surface area contributed by atoms with Gasteiger partial charge in [0.2, 0.25) is 0 Å². The molecule has 0 heterocycles. The molecular weight excluding hydrogens is 226 g/mol. The molecule has 1 aromatic carbocycles. The maximum atomic E-state index is 9.25. The van der Waals surface area contributed by atoms with Crippen LogP contribution < -0.4 is 10.5 Å². The molecule has 1 aliphatic rings. The van der Waals surface area contributed by atoms with Gasteiger partial charge in [-0.1, -0.05) is 26.0 Å². The van der Waals surface area contributed by atoms with Crippen molar-refractivity contribution in [1.29, 1.82) is 0 Å². The minimum atomic E-state index is 0.00529. The third-order valence-corrected chi connectivity index (χ3v) is 3.83. The zero-order valence-electron chi connectivity index (χ0n) is 11.2. The van der Waals surface area contributed by atoms with Crippen LogP contribution in [0.15, 0.2) is 24.3 Å². The van der Waals surface area contributed by atoms with Gasteiger partial charge in [0.15, 0.2) is 0 Å². The van der Waals surface area contributed by atoms with Crippen molar-refractivity contribution < 1.29 is 9.84 Å². The summed E-state index contributed by atoms with van der Waals surface area (Å²) in [4.78, 5) is 0. The van der Waals surface area contributed by atoms with Gasteiger partial charge in [-0.05, 0) is 36.0 Å². The number of hydrogen-bond donors (Lipinski definition) is 2. The second-order valence-corrected chi connectivity index (χ2v) is 5.67. The smallest absolute Gasteiger partial charge is 0.119 e. The second kappa shape index (κ2) is 5.29. The summed E-state index contributed by atoms with van der Waals surface area (Å²) in [7, 11) is 0. The first-order valence-electron chi connectivity index (χ1n) is 6.66. The first kappa shape index (κ1) is 13.4. The Bertz CT molecular complexity index is 388. The molecular formula is C15H23NO2. The first-order chi connectivity index (χ1) is 8.62. The summed E-state index contributed by atoms with van der Waals surface area (Å²) >= 11 is 0. The summed E-state index contributed by atoms with van der Waals surface area (Å²) in [5, 5.41) is 9.25. The summed E-state index contributed by atoms with van der Waals surface area (Å²) in [5.41, 5.74) is 7.09. The number of aliphatic hydroxyl groups is 1. The van der Waals surface area contributed by atoms with Crippen LogP contribution in [0.25, 0.3) is 0 Å². The predicted octanol–water partition coefficient (Wildman–Crippen LogP) is 1.93. The van der Waals surface area contributed by atoms with Crippen LogP contribution in [0.5, 0.6) is 5.75 Å². The zero-order chi connectivity index (χ0) is 13.2. The molecule has 0 aromatic heterocycles. The van der Waals surface area contributed by atoms with Gasteiger partial charge in [0.1, 0.15) is 5.75 Å². The zero-order valence-corrected chi connectivity index (χ0v) is 11.2. The highest BCUT2D eigenvalue weighted by Crippen LogP contribution is 2.53. The highest BCUT2D eigenvalue weighted by molar-refractivity contribution is 5.38. The maximum Gasteiger partial charge on any atom is 0.119 e. The van der Waals surface area contributed by atoms with Gasteiger partial charge in [-0.2, -0.15) is 0 Å². The number of benzene rings is 1. The molecule has 0 amide bonds. The predicted molar refractivity (Wildman–Crippen MR) is 72.7 cm³/mol. The van der Waals surface area contributed by atoms with Gasteiger partial charge in [-0.3, -0.25) is 0 Å². The van der Waals surface area contributed by atoms with Crippen molar-refractivity contribution in [3.05, 3.63) is 29.8 Å². The summed E-state index contributed by atoms with van der Waals surface area (Å²) in [6.07, 6.45) is 0.992. The molecule has 2 rings (SSSR count). The van der Waals surface area contributed by atoms with E-state index in [-0.39, 0.29) is 12.0 Å². The van der Waals surface area contributed by atoms with Crippen LogP contribution in [0.4, 0.5) is 0 Å². The maximum absolute atomic E-state index is 9.25. The van der Waals surface area contributed by atoms with Crippen molar-refractivity contribution >= 4 is 0 Å². The van der Waals surface area contributed by atoms with Crippen LogP contribution in [-0.2, 0) is 5.41 Å². The standard InChI is InChI=1S/C15H23NO2/c1-11(2)9-18-14-5-3-12(4-6-14)15(10-16)7-13(15)8-17/h3-6,11,13,17H,7-10,16H2,1-2H3. The minimum Gasteiger partial charge on any atom is -0.493 e. The molecule has 0 aliphatic heterocycles. The number of aliphatic hydroxyl groups excluding tert-OH is 1.